The van der Waals surface area contributed by atoms with Crippen LogP contribution in [0, 0.1) is 13.8 Å². The van der Waals surface area contributed by atoms with Crippen LogP contribution in [0.15, 0.2) is 22.8 Å². The number of carbonyl (C=O) groups excluding carboxylic acids is 1. The number of amides is 1. The number of nitrogens with one attached hydrogen (secondary N) is 1. The number of aliphatic hydroxyl groups is 1. The Balaban J connectivity index is 2.11. The highest BCUT2D eigenvalue weighted by Gasteiger charge is 2.19. The van der Waals surface area contributed by atoms with Crippen molar-refractivity contribution in [1.82, 2.24) is 5.32 Å². The smallest absolute Gasteiger partial charge is 0.224 e. The zero-order chi connectivity index (χ0) is 16.3. The van der Waals surface area contributed by atoms with Gasteiger partial charge in [0, 0.05) is 22.2 Å². The molecule has 1 amide bonds. The summed E-state index contributed by atoms with van der Waals surface area (Å²) >= 11 is 1.55. The van der Waals surface area contributed by atoms with Crippen LogP contribution in [0.3, 0.4) is 0 Å². The van der Waals surface area contributed by atoms with Gasteiger partial charge in [0.05, 0.1) is 19.3 Å². The second-order valence-corrected chi connectivity index (χ2v) is 6.71. The Bertz CT molecular complexity index is 661. The van der Waals surface area contributed by atoms with E-state index in [1.165, 1.54) is 5.56 Å². The molecule has 1 aromatic carbocycles. The molecule has 0 saturated heterocycles. The average Bonchev–Trinajstić information content (AvgIpc) is 2.87. The average molecular weight is 321 g/mol. The lowest BCUT2D eigenvalue weighted by atomic mass is 10.0. The van der Waals surface area contributed by atoms with E-state index in [2.05, 4.69) is 5.32 Å². The number of aryl methyl sites for hydroxylation is 2. The second kappa shape index (κ2) is 7.20. The standard InChI is InChI=1S/C17H23NO3S/c1-10-5-6-14-13(9-21-17(14)11(10)2)7-16(20)18-12(3)15(8-19)22-4/h5-6,9,12,15,19H,7-8H2,1-4H3,(H,18,20). The lowest BCUT2D eigenvalue weighted by Gasteiger charge is -2.21. The van der Waals surface area contributed by atoms with Crippen molar-refractivity contribution in [3.63, 3.8) is 0 Å². The summed E-state index contributed by atoms with van der Waals surface area (Å²) in [5.74, 6) is -0.0547. The molecule has 0 aliphatic rings. The number of fused-ring (bicyclic) bond motifs is 1. The summed E-state index contributed by atoms with van der Waals surface area (Å²) < 4.78 is 5.63. The van der Waals surface area contributed by atoms with Crippen LogP contribution in [0.25, 0.3) is 11.0 Å². The highest BCUT2D eigenvalue weighted by atomic mass is 32.2. The Kier molecular flexibility index (Phi) is 5.53. The summed E-state index contributed by atoms with van der Waals surface area (Å²) in [7, 11) is 0. The number of furan rings is 1. The van der Waals surface area contributed by atoms with Crippen molar-refractivity contribution in [2.24, 2.45) is 0 Å². The molecule has 5 heteroatoms. The molecule has 22 heavy (non-hydrogen) atoms. The van der Waals surface area contributed by atoms with Gasteiger partial charge < -0.3 is 14.8 Å². The molecule has 0 spiro atoms. The van der Waals surface area contributed by atoms with Gasteiger partial charge in [-0.1, -0.05) is 12.1 Å². The quantitative estimate of drug-likeness (QED) is 0.859. The van der Waals surface area contributed by atoms with Crippen molar-refractivity contribution in [3.05, 3.63) is 35.1 Å². The number of carbonyl (C=O) groups is 1. The molecule has 0 fully saturated rings. The summed E-state index contributed by atoms with van der Waals surface area (Å²) in [6.45, 7) is 6.03. The van der Waals surface area contributed by atoms with Crippen molar-refractivity contribution in [2.75, 3.05) is 12.9 Å². The molecule has 2 aromatic rings. The van der Waals surface area contributed by atoms with Gasteiger partial charge in [0.15, 0.2) is 0 Å². The van der Waals surface area contributed by atoms with Gasteiger partial charge >= 0.3 is 0 Å². The highest BCUT2D eigenvalue weighted by molar-refractivity contribution is 7.99. The summed E-state index contributed by atoms with van der Waals surface area (Å²) in [6, 6.07) is 3.98. The van der Waals surface area contributed by atoms with Gasteiger partial charge in [0.1, 0.15) is 5.58 Å². The maximum Gasteiger partial charge on any atom is 0.224 e. The van der Waals surface area contributed by atoms with Crippen LogP contribution >= 0.6 is 11.8 Å². The number of hydrogen-bond donors (Lipinski definition) is 2. The molecule has 120 valence electrons. The number of benzene rings is 1. The SMILES string of the molecule is CSC(CO)C(C)NC(=O)Cc1coc2c(C)c(C)ccc12. The van der Waals surface area contributed by atoms with Crippen molar-refractivity contribution in [3.8, 4) is 0 Å². The van der Waals surface area contributed by atoms with E-state index in [0.717, 1.165) is 22.1 Å². The summed E-state index contributed by atoms with van der Waals surface area (Å²) in [5.41, 5.74) is 4.04. The molecule has 1 aromatic heterocycles. The first-order valence-corrected chi connectivity index (χ1v) is 8.66. The Morgan fingerprint density at radius 2 is 2.14 bits per heavy atom. The zero-order valence-corrected chi connectivity index (χ0v) is 14.3. The van der Waals surface area contributed by atoms with E-state index >= 15 is 0 Å². The minimum Gasteiger partial charge on any atom is -0.464 e. The molecular weight excluding hydrogens is 298 g/mol. The monoisotopic (exact) mass is 321 g/mol. The van der Waals surface area contributed by atoms with Crippen molar-refractivity contribution in [1.29, 1.82) is 0 Å². The van der Waals surface area contributed by atoms with Gasteiger partial charge in [0.2, 0.25) is 5.91 Å². The van der Waals surface area contributed by atoms with Crippen LogP contribution in [-0.4, -0.2) is 35.2 Å². The van der Waals surface area contributed by atoms with Crippen molar-refractivity contribution in [2.45, 2.75) is 38.5 Å². The Labute approximate surface area is 135 Å². The van der Waals surface area contributed by atoms with E-state index in [9.17, 15) is 9.90 Å². The molecule has 0 radical (unpaired) electrons. The topological polar surface area (TPSA) is 62.5 Å². The van der Waals surface area contributed by atoms with Crippen LogP contribution < -0.4 is 5.32 Å². The van der Waals surface area contributed by atoms with Gasteiger partial charge in [0.25, 0.3) is 0 Å². The molecule has 0 bridgehead atoms. The molecule has 2 N–H and O–H groups in total. The van der Waals surface area contributed by atoms with Gasteiger partial charge in [-0.05, 0) is 38.2 Å². The molecule has 4 nitrogen and oxygen atoms in total. The van der Waals surface area contributed by atoms with Crippen LogP contribution in [-0.2, 0) is 11.2 Å². The molecule has 0 aliphatic heterocycles. The van der Waals surface area contributed by atoms with Crippen molar-refractivity contribution >= 4 is 28.6 Å². The number of hydrogen-bond acceptors (Lipinski definition) is 4. The largest absolute Gasteiger partial charge is 0.464 e. The van der Waals surface area contributed by atoms with Crippen LogP contribution in [0.2, 0.25) is 0 Å². The minimum absolute atomic E-state index is 0.00920. The fraction of sp³-hybridized carbons (Fsp3) is 0.471. The van der Waals surface area contributed by atoms with E-state index in [-0.39, 0.29) is 30.2 Å². The van der Waals surface area contributed by atoms with Gasteiger partial charge in [-0.3, -0.25) is 4.79 Å². The molecule has 2 rings (SSSR count). The van der Waals surface area contributed by atoms with E-state index in [0.29, 0.717) is 0 Å². The van der Waals surface area contributed by atoms with Crippen LogP contribution in [0.4, 0.5) is 0 Å². The van der Waals surface area contributed by atoms with Crippen LogP contribution in [0.5, 0.6) is 0 Å². The van der Waals surface area contributed by atoms with Gasteiger partial charge in [-0.15, -0.1) is 0 Å². The first kappa shape index (κ1) is 16.9. The van der Waals surface area contributed by atoms with Crippen LogP contribution in [0.1, 0.15) is 23.6 Å². The van der Waals surface area contributed by atoms with E-state index < -0.39 is 0 Å². The predicted molar refractivity (Wildman–Crippen MR) is 91.4 cm³/mol. The fourth-order valence-electron chi connectivity index (χ4n) is 2.53. The zero-order valence-electron chi connectivity index (χ0n) is 13.5. The van der Waals surface area contributed by atoms with E-state index in [1.54, 1.807) is 18.0 Å². The van der Waals surface area contributed by atoms with Crippen molar-refractivity contribution < 1.29 is 14.3 Å². The molecule has 2 unspecified atom stereocenters. The molecule has 0 saturated carbocycles. The lowest BCUT2D eigenvalue weighted by molar-refractivity contribution is -0.121. The normalized spacial score (nSPS) is 14.0. The maximum atomic E-state index is 12.2. The molecule has 2 atom stereocenters. The van der Waals surface area contributed by atoms with Gasteiger partial charge in [-0.25, -0.2) is 0 Å². The van der Waals surface area contributed by atoms with Gasteiger partial charge in [-0.2, -0.15) is 11.8 Å². The number of rotatable bonds is 6. The molecular formula is C17H23NO3S. The first-order chi connectivity index (χ1) is 10.5. The summed E-state index contributed by atoms with van der Waals surface area (Å²) in [5, 5.41) is 13.2. The number of aliphatic hydroxyl groups excluding tert-OH is 1. The first-order valence-electron chi connectivity index (χ1n) is 7.37. The lowest BCUT2D eigenvalue weighted by Crippen LogP contribution is -2.41. The Morgan fingerprint density at radius 3 is 2.77 bits per heavy atom. The summed E-state index contributed by atoms with van der Waals surface area (Å²) in [4.78, 5) is 12.2. The van der Waals surface area contributed by atoms with E-state index in [1.807, 2.05) is 39.2 Å². The minimum atomic E-state index is -0.0744. The molecule has 1 heterocycles. The predicted octanol–water partition coefficient (Wildman–Crippen LogP) is 2.82. The Morgan fingerprint density at radius 1 is 1.41 bits per heavy atom. The summed E-state index contributed by atoms with van der Waals surface area (Å²) in [6.07, 6.45) is 3.88. The van der Waals surface area contributed by atoms with E-state index in [4.69, 9.17) is 4.42 Å². The number of thioether (sulfide) groups is 1. The third-order valence-corrected chi connectivity index (χ3v) is 5.28. The third-order valence-electron chi connectivity index (χ3n) is 4.12. The second-order valence-electron chi connectivity index (χ2n) is 5.63. The fourth-order valence-corrected chi connectivity index (χ4v) is 3.16. The molecule has 0 aliphatic carbocycles. The maximum absolute atomic E-state index is 12.2. The highest BCUT2D eigenvalue weighted by Crippen LogP contribution is 2.26. The third kappa shape index (κ3) is 3.47. The Hall–Kier alpha value is -1.46.